The van der Waals surface area contributed by atoms with Crippen molar-refractivity contribution in [2.45, 2.75) is 25.8 Å². The molecule has 1 aromatic rings. The van der Waals surface area contributed by atoms with E-state index >= 15 is 0 Å². The van der Waals surface area contributed by atoms with Gasteiger partial charge in [-0.15, -0.1) is 0 Å². The third-order valence-corrected chi connectivity index (χ3v) is 3.35. The van der Waals surface area contributed by atoms with Gasteiger partial charge >= 0.3 is 0 Å². The molecule has 1 amide bonds. The molecule has 18 heavy (non-hydrogen) atoms. The first-order chi connectivity index (χ1) is 8.68. The summed E-state index contributed by atoms with van der Waals surface area (Å²) in [7, 11) is 0. The highest BCUT2D eigenvalue weighted by Gasteiger charge is 2.23. The maximum absolute atomic E-state index is 12.1. The Hall–Kier alpha value is -1.55. The van der Waals surface area contributed by atoms with E-state index in [0.29, 0.717) is 12.3 Å². The predicted octanol–water partition coefficient (Wildman–Crippen LogP) is 1.87. The van der Waals surface area contributed by atoms with Crippen LogP contribution in [0.4, 0.5) is 5.69 Å². The first-order valence-electron chi connectivity index (χ1n) is 6.41. The van der Waals surface area contributed by atoms with E-state index in [0.717, 1.165) is 25.0 Å². The van der Waals surface area contributed by atoms with Crippen LogP contribution in [-0.4, -0.2) is 19.1 Å². The summed E-state index contributed by atoms with van der Waals surface area (Å²) in [6.07, 6.45) is 1.86. The first kappa shape index (κ1) is 12.9. The van der Waals surface area contributed by atoms with Crippen molar-refractivity contribution < 1.29 is 9.53 Å². The van der Waals surface area contributed by atoms with Crippen molar-refractivity contribution in [3.05, 3.63) is 29.8 Å². The Morgan fingerprint density at radius 1 is 1.50 bits per heavy atom. The van der Waals surface area contributed by atoms with Gasteiger partial charge in [-0.05, 0) is 31.4 Å². The van der Waals surface area contributed by atoms with Crippen molar-refractivity contribution in [1.82, 2.24) is 5.32 Å². The topological polar surface area (TPSA) is 64.3 Å². The number of hydrogen-bond donors (Lipinski definition) is 2. The Balaban J connectivity index is 1.96. The molecule has 2 rings (SSSR count). The fraction of sp³-hybridized carbons (Fsp3) is 0.500. The van der Waals surface area contributed by atoms with Crippen molar-refractivity contribution in [1.29, 1.82) is 0 Å². The van der Waals surface area contributed by atoms with Crippen molar-refractivity contribution >= 4 is 11.6 Å². The second kappa shape index (κ2) is 5.87. The number of carbonyl (C=O) groups excluding carboxylic acids is 1. The lowest BCUT2D eigenvalue weighted by Gasteiger charge is -2.24. The minimum atomic E-state index is -0.0689. The van der Waals surface area contributed by atoms with Gasteiger partial charge in [-0.25, -0.2) is 0 Å². The molecule has 1 fully saturated rings. The van der Waals surface area contributed by atoms with E-state index in [9.17, 15) is 4.79 Å². The molecular formula is C14H20N2O2. The zero-order valence-electron chi connectivity index (χ0n) is 10.7. The van der Waals surface area contributed by atoms with E-state index in [1.807, 2.05) is 31.2 Å². The average Bonchev–Trinajstić information content (AvgIpc) is 2.40. The number of benzene rings is 1. The van der Waals surface area contributed by atoms with Crippen LogP contribution >= 0.6 is 0 Å². The summed E-state index contributed by atoms with van der Waals surface area (Å²) in [5.74, 6) is 0.0385. The quantitative estimate of drug-likeness (QED) is 0.803. The maximum Gasteiger partial charge on any atom is 0.225 e. The highest BCUT2D eigenvalue weighted by atomic mass is 16.5. The van der Waals surface area contributed by atoms with Crippen molar-refractivity contribution in [2.75, 3.05) is 18.9 Å². The van der Waals surface area contributed by atoms with Crippen molar-refractivity contribution in [3.8, 4) is 0 Å². The number of amides is 1. The van der Waals surface area contributed by atoms with E-state index in [-0.39, 0.29) is 17.9 Å². The molecule has 1 saturated heterocycles. The van der Waals surface area contributed by atoms with Gasteiger partial charge in [-0.1, -0.05) is 18.2 Å². The minimum absolute atomic E-state index is 0.0221. The van der Waals surface area contributed by atoms with E-state index in [1.165, 1.54) is 0 Å². The zero-order chi connectivity index (χ0) is 13.0. The molecule has 2 unspecified atom stereocenters. The summed E-state index contributed by atoms with van der Waals surface area (Å²) < 4.78 is 5.33. The van der Waals surface area contributed by atoms with Crippen LogP contribution in [0.2, 0.25) is 0 Å². The Labute approximate surface area is 108 Å². The van der Waals surface area contributed by atoms with Crippen LogP contribution in [0, 0.1) is 5.92 Å². The number of nitrogen functional groups attached to an aromatic ring is 1. The van der Waals surface area contributed by atoms with E-state index in [1.54, 1.807) is 0 Å². The standard InChI is InChI=1S/C14H20N2O2/c1-10(12-6-2-3-7-13(12)15)16-14(17)11-5-4-8-18-9-11/h2-3,6-7,10-11H,4-5,8-9,15H2,1H3,(H,16,17). The Kier molecular flexibility index (Phi) is 4.20. The molecule has 4 heteroatoms. The van der Waals surface area contributed by atoms with Gasteiger partial charge in [0.2, 0.25) is 5.91 Å². The first-order valence-corrected chi connectivity index (χ1v) is 6.41. The van der Waals surface area contributed by atoms with Gasteiger partial charge in [0.15, 0.2) is 0 Å². The van der Waals surface area contributed by atoms with E-state index in [4.69, 9.17) is 10.5 Å². The molecule has 1 heterocycles. The Morgan fingerprint density at radius 3 is 2.94 bits per heavy atom. The van der Waals surface area contributed by atoms with Crippen LogP contribution in [0.1, 0.15) is 31.4 Å². The van der Waals surface area contributed by atoms with Crippen molar-refractivity contribution in [3.63, 3.8) is 0 Å². The van der Waals surface area contributed by atoms with Gasteiger partial charge in [-0.2, -0.15) is 0 Å². The van der Waals surface area contributed by atoms with Crippen LogP contribution in [0.25, 0.3) is 0 Å². The second-order valence-corrected chi connectivity index (χ2v) is 4.77. The maximum atomic E-state index is 12.1. The van der Waals surface area contributed by atoms with Gasteiger partial charge in [0.05, 0.1) is 18.6 Å². The molecule has 98 valence electrons. The summed E-state index contributed by atoms with van der Waals surface area (Å²) in [4.78, 5) is 12.1. The average molecular weight is 248 g/mol. The Bertz CT molecular complexity index is 414. The lowest BCUT2D eigenvalue weighted by atomic mass is 10.00. The van der Waals surface area contributed by atoms with E-state index < -0.39 is 0 Å². The van der Waals surface area contributed by atoms with Crippen LogP contribution in [0.3, 0.4) is 0 Å². The summed E-state index contributed by atoms with van der Waals surface area (Å²) in [5.41, 5.74) is 7.57. The van der Waals surface area contributed by atoms with Gasteiger partial charge in [0.1, 0.15) is 0 Å². The molecule has 2 atom stereocenters. The lowest BCUT2D eigenvalue weighted by Crippen LogP contribution is -2.37. The number of nitrogens with one attached hydrogen (secondary N) is 1. The van der Waals surface area contributed by atoms with Crippen LogP contribution < -0.4 is 11.1 Å². The van der Waals surface area contributed by atoms with Crippen LogP contribution in [0.15, 0.2) is 24.3 Å². The van der Waals surface area contributed by atoms with Crippen LogP contribution in [-0.2, 0) is 9.53 Å². The number of carbonyl (C=O) groups is 1. The van der Waals surface area contributed by atoms with Crippen molar-refractivity contribution in [2.24, 2.45) is 5.92 Å². The summed E-state index contributed by atoms with van der Waals surface area (Å²) >= 11 is 0. The number of rotatable bonds is 3. The fourth-order valence-electron chi connectivity index (χ4n) is 2.26. The number of hydrogen-bond acceptors (Lipinski definition) is 3. The summed E-state index contributed by atoms with van der Waals surface area (Å²) in [6.45, 7) is 3.25. The number of nitrogens with two attached hydrogens (primary N) is 1. The number of para-hydroxylation sites is 1. The molecular weight excluding hydrogens is 228 g/mol. The molecule has 4 nitrogen and oxygen atoms in total. The molecule has 0 radical (unpaired) electrons. The molecule has 1 aliphatic heterocycles. The molecule has 0 spiro atoms. The third kappa shape index (κ3) is 3.01. The van der Waals surface area contributed by atoms with Crippen LogP contribution in [0.5, 0.6) is 0 Å². The van der Waals surface area contributed by atoms with Gasteiger partial charge in [-0.3, -0.25) is 4.79 Å². The zero-order valence-corrected chi connectivity index (χ0v) is 10.7. The fourth-order valence-corrected chi connectivity index (χ4v) is 2.26. The Morgan fingerprint density at radius 2 is 2.28 bits per heavy atom. The number of anilines is 1. The van der Waals surface area contributed by atoms with Gasteiger partial charge in [0.25, 0.3) is 0 Å². The third-order valence-electron chi connectivity index (χ3n) is 3.35. The summed E-state index contributed by atoms with van der Waals surface area (Å²) in [5, 5.41) is 3.01. The number of ether oxygens (including phenoxy) is 1. The van der Waals surface area contributed by atoms with Gasteiger partial charge in [0, 0.05) is 12.3 Å². The molecule has 1 aromatic carbocycles. The highest BCUT2D eigenvalue weighted by Crippen LogP contribution is 2.21. The molecule has 1 aliphatic rings. The molecule has 3 N–H and O–H groups in total. The molecule has 0 bridgehead atoms. The highest BCUT2D eigenvalue weighted by molar-refractivity contribution is 5.79. The molecule has 0 aliphatic carbocycles. The monoisotopic (exact) mass is 248 g/mol. The lowest BCUT2D eigenvalue weighted by molar-refractivity contribution is -0.129. The molecule has 0 saturated carbocycles. The minimum Gasteiger partial charge on any atom is -0.398 e. The molecule has 0 aromatic heterocycles. The SMILES string of the molecule is CC(NC(=O)C1CCCOC1)c1ccccc1N. The van der Waals surface area contributed by atoms with Gasteiger partial charge < -0.3 is 15.8 Å². The second-order valence-electron chi connectivity index (χ2n) is 4.77. The van der Waals surface area contributed by atoms with E-state index in [2.05, 4.69) is 5.32 Å². The summed E-state index contributed by atoms with van der Waals surface area (Å²) in [6, 6.07) is 7.54. The smallest absolute Gasteiger partial charge is 0.225 e. The predicted molar refractivity (Wildman–Crippen MR) is 71.0 cm³/mol. The largest absolute Gasteiger partial charge is 0.398 e. The normalized spacial score (nSPS) is 21.3.